The van der Waals surface area contributed by atoms with Gasteiger partial charge in [-0.15, -0.1) is 0 Å². The third kappa shape index (κ3) is 5.41. The van der Waals surface area contributed by atoms with Crippen molar-refractivity contribution in [2.75, 3.05) is 11.9 Å². The van der Waals surface area contributed by atoms with E-state index in [9.17, 15) is 9.90 Å². The lowest BCUT2D eigenvalue weighted by Gasteiger charge is -2.46. The molecule has 184 valence electrons. The number of hydrogen-bond acceptors (Lipinski definition) is 5. The van der Waals surface area contributed by atoms with E-state index in [0.29, 0.717) is 18.5 Å². The molecule has 4 rings (SSSR count). The molecule has 7 heteroatoms. The van der Waals surface area contributed by atoms with Crippen LogP contribution in [0.3, 0.4) is 0 Å². The van der Waals surface area contributed by atoms with E-state index in [1.165, 1.54) is 0 Å². The average molecular weight is 471 g/mol. The summed E-state index contributed by atoms with van der Waals surface area (Å²) in [5, 5.41) is 12.8. The fraction of sp³-hybridized carbons (Fsp3) is 0.593. The summed E-state index contributed by atoms with van der Waals surface area (Å²) in [5.74, 6) is -0.520. The number of aliphatic hydroxyl groups is 1. The Labute approximate surface area is 208 Å². The number of nitrogens with one attached hydrogen (secondary N) is 2. The molecule has 2 aromatic heterocycles. The highest BCUT2D eigenvalue weighted by Gasteiger charge is 2.43. The summed E-state index contributed by atoms with van der Waals surface area (Å²) in [6, 6.07) is 3.33. The van der Waals surface area contributed by atoms with Crippen molar-refractivity contribution in [2.24, 2.45) is 5.41 Å². The SMILES string of the molecule is [2H]C1=C(c2nc(C3CC(C)(C)OC(C)(CO)C3)ccc2NC(=O)c2ncc(C)[nH]2)C([2H])([2H])CC(C)(C)C1[2H]. The zero-order chi connectivity index (χ0) is 28.3. The van der Waals surface area contributed by atoms with Gasteiger partial charge in [0.15, 0.2) is 5.82 Å². The van der Waals surface area contributed by atoms with E-state index >= 15 is 0 Å². The second-order valence-corrected chi connectivity index (χ2v) is 11.1. The zero-order valence-electron chi connectivity index (χ0n) is 24.9. The molecule has 0 saturated carbocycles. The number of carbonyl (C=O) groups is 1. The van der Waals surface area contributed by atoms with Crippen molar-refractivity contribution in [2.45, 2.75) is 90.7 Å². The molecule has 2 aliphatic rings. The van der Waals surface area contributed by atoms with Crippen molar-refractivity contribution in [3.05, 3.63) is 47.3 Å². The number of rotatable bonds is 5. The van der Waals surface area contributed by atoms with Crippen molar-refractivity contribution in [1.82, 2.24) is 15.0 Å². The quantitative estimate of drug-likeness (QED) is 0.544. The second-order valence-electron chi connectivity index (χ2n) is 11.1. The molecule has 34 heavy (non-hydrogen) atoms. The Morgan fingerprint density at radius 3 is 2.76 bits per heavy atom. The summed E-state index contributed by atoms with van der Waals surface area (Å²) in [6.45, 7) is 11.0. The van der Waals surface area contributed by atoms with Gasteiger partial charge in [-0.25, -0.2) is 4.98 Å². The molecule has 2 aromatic rings. The zero-order valence-corrected chi connectivity index (χ0v) is 20.9. The van der Waals surface area contributed by atoms with Gasteiger partial charge in [-0.3, -0.25) is 9.78 Å². The Hall–Kier alpha value is -2.51. The molecule has 0 spiro atoms. The van der Waals surface area contributed by atoms with Gasteiger partial charge in [-0.05, 0) is 82.8 Å². The maximum atomic E-state index is 13.0. The van der Waals surface area contributed by atoms with E-state index in [1.54, 1.807) is 39.1 Å². The predicted molar refractivity (Wildman–Crippen MR) is 134 cm³/mol. The Bertz CT molecular complexity index is 1270. The van der Waals surface area contributed by atoms with Gasteiger partial charge in [0, 0.05) is 27.6 Å². The topological polar surface area (TPSA) is 100 Å². The number of imidazole rings is 1. The molecule has 3 heterocycles. The summed E-state index contributed by atoms with van der Waals surface area (Å²) in [5.41, 5.74) is -0.250. The molecule has 3 atom stereocenters. The number of hydrogen-bond donors (Lipinski definition) is 3. The van der Waals surface area contributed by atoms with Gasteiger partial charge < -0.3 is 20.1 Å². The molecule has 3 N–H and O–H groups in total. The number of aliphatic hydroxyl groups excluding tert-OH is 1. The summed E-state index contributed by atoms with van der Waals surface area (Å²) in [7, 11) is 0. The second kappa shape index (κ2) is 8.93. The first-order valence-corrected chi connectivity index (χ1v) is 11.8. The first kappa shape index (κ1) is 19.8. The minimum Gasteiger partial charge on any atom is -0.393 e. The highest BCUT2D eigenvalue weighted by molar-refractivity contribution is 6.03. The van der Waals surface area contributed by atoms with Gasteiger partial charge in [-0.1, -0.05) is 19.9 Å². The van der Waals surface area contributed by atoms with Gasteiger partial charge in [-0.2, -0.15) is 0 Å². The van der Waals surface area contributed by atoms with Crippen molar-refractivity contribution >= 4 is 17.2 Å². The van der Waals surface area contributed by atoms with Crippen molar-refractivity contribution in [3.63, 3.8) is 0 Å². The van der Waals surface area contributed by atoms with Crippen LogP contribution in [-0.4, -0.2) is 43.8 Å². The maximum Gasteiger partial charge on any atom is 0.291 e. The first-order valence-electron chi connectivity index (χ1n) is 13.8. The third-order valence-corrected chi connectivity index (χ3v) is 6.34. The Balaban J connectivity index is 1.85. The number of pyridine rings is 1. The van der Waals surface area contributed by atoms with Gasteiger partial charge >= 0.3 is 0 Å². The smallest absolute Gasteiger partial charge is 0.291 e. The molecule has 0 bridgehead atoms. The third-order valence-electron chi connectivity index (χ3n) is 6.34. The van der Waals surface area contributed by atoms with Gasteiger partial charge in [0.25, 0.3) is 5.91 Å². The molecule has 1 saturated heterocycles. The standard InChI is InChI=1S/C27H38N4O3/c1-17-15-28-23(29-17)24(33)31-21-8-7-20(19-13-26(4,5)34-27(6,14-19)16-32)30-22(21)18-9-11-25(2,3)12-10-18/h7-9,15,19,32H,10-14,16H2,1-6H3,(H,28,29)(H,31,33)/i9D,10D2,11D. The van der Waals surface area contributed by atoms with E-state index < -0.39 is 35.3 Å². The molecule has 0 aromatic carbocycles. The van der Waals surface area contributed by atoms with Crippen LogP contribution in [0.2, 0.25) is 0 Å². The van der Waals surface area contributed by atoms with E-state index in [0.717, 1.165) is 5.69 Å². The maximum absolute atomic E-state index is 13.0. The van der Waals surface area contributed by atoms with Crippen LogP contribution in [-0.2, 0) is 4.74 Å². The molecule has 0 radical (unpaired) electrons. The Morgan fingerprint density at radius 1 is 1.32 bits per heavy atom. The lowest BCUT2D eigenvalue weighted by atomic mass is 9.77. The number of aromatic nitrogens is 3. The highest BCUT2D eigenvalue weighted by Crippen LogP contribution is 2.44. The van der Waals surface area contributed by atoms with Crippen LogP contribution in [0.1, 0.15) is 106 Å². The van der Waals surface area contributed by atoms with E-state index in [4.69, 9.17) is 15.2 Å². The summed E-state index contributed by atoms with van der Waals surface area (Å²) in [6.07, 6.45) is -0.193. The van der Waals surface area contributed by atoms with Crippen LogP contribution < -0.4 is 5.32 Å². The Kier molecular flexibility index (Phi) is 5.19. The summed E-state index contributed by atoms with van der Waals surface area (Å²) in [4.78, 5) is 24.9. The average Bonchev–Trinajstić information content (AvgIpc) is 3.23. The minimum absolute atomic E-state index is 0.0147. The van der Waals surface area contributed by atoms with Crippen LogP contribution in [0.15, 0.2) is 24.4 Å². The van der Waals surface area contributed by atoms with Crippen LogP contribution >= 0.6 is 0 Å². The van der Waals surface area contributed by atoms with Gasteiger partial charge in [0.2, 0.25) is 0 Å². The van der Waals surface area contributed by atoms with Gasteiger partial charge in [0.05, 0.1) is 30.6 Å². The largest absolute Gasteiger partial charge is 0.393 e. The number of nitrogens with zero attached hydrogens (tertiary/aromatic N) is 2. The number of ether oxygens (including phenoxy) is 1. The summed E-state index contributed by atoms with van der Waals surface area (Å²) >= 11 is 0. The van der Waals surface area contributed by atoms with E-state index in [2.05, 4.69) is 15.3 Å². The molecule has 1 aliphatic heterocycles. The molecular weight excluding hydrogens is 428 g/mol. The van der Waals surface area contributed by atoms with E-state index in [1.807, 2.05) is 20.8 Å². The number of H-pyrrole nitrogens is 1. The number of aryl methyl sites for hydroxylation is 1. The van der Waals surface area contributed by atoms with Gasteiger partial charge in [0.1, 0.15) is 0 Å². The highest BCUT2D eigenvalue weighted by atomic mass is 16.5. The monoisotopic (exact) mass is 470 g/mol. The van der Waals surface area contributed by atoms with Crippen LogP contribution in [0.4, 0.5) is 5.69 Å². The minimum atomic E-state index is -1.95. The number of carbonyl (C=O) groups excluding carboxylic acids is 1. The number of amides is 1. The molecule has 7 nitrogen and oxygen atoms in total. The van der Waals surface area contributed by atoms with Crippen molar-refractivity contribution in [3.8, 4) is 0 Å². The number of allylic oxidation sites excluding steroid dienone is 2. The fourth-order valence-electron chi connectivity index (χ4n) is 4.78. The number of anilines is 1. The molecule has 1 amide bonds. The van der Waals surface area contributed by atoms with Crippen molar-refractivity contribution in [1.29, 1.82) is 0 Å². The Morgan fingerprint density at radius 2 is 2.09 bits per heavy atom. The van der Waals surface area contributed by atoms with Crippen LogP contribution in [0.5, 0.6) is 0 Å². The van der Waals surface area contributed by atoms with Crippen molar-refractivity contribution < 1.29 is 20.1 Å². The summed E-state index contributed by atoms with van der Waals surface area (Å²) < 4.78 is 41.5. The molecule has 1 fully saturated rings. The number of aromatic amines is 1. The lowest BCUT2D eigenvalue weighted by molar-refractivity contribution is -0.187. The predicted octanol–water partition coefficient (Wildman–Crippen LogP) is 5.38. The fourth-order valence-corrected chi connectivity index (χ4v) is 4.78. The lowest BCUT2D eigenvalue weighted by Crippen LogP contribution is -2.48. The van der Waals surface area contributed by atoms with E-state index in [-0.39, 0.29) is 47.8 Å². The normalized spacial score (nSPS) is 31.7. The van der Waals surface area contributed by atoms with Crippen LogP contribution in [0, 0.1) is 12.3 Å². The van der Waals surface area contributed by atoms with Crippen LogP contribution in [0.25, 0.3) is 5.57 Å². The molecule has 1 aliphatic carbocycles. The first-order chi connectivity index (χ1) is 17.5. The molecular formula is C27H38N4O3. The molecule has 3 unspecified atom stereocenters.